The Bertz CT molecular complexity index is 1030. The Labute approximate surface area is 168 Å². The van der Waals surface area contributed by atoms with E-state index in [4.69, 9.17) is 9.47 Å². The number of aromatic amines is 1. The number of nitrogens with one attached hydrogen (secondary N) is 1. The Hall–Kier alpha value is -3.19. The van der Waals surface area contributed by atoms with Gasteiger partial charge in [0.25, 0.3) is 11.5 Å². The number of aromatic nitrogens is 2. The maximum absolute atomic E-state index is 12.9. The third-order valence-electron chi connectivity index (χ3n) is 4.91. The minimum atomic E-state index is -0.212. The molecule has 2 aromatic carbocycles. The highest BCUT2D eigenvalue weighted by molar-refractivity contribution is 5.78. The standard InChI is InChI=1S/C22H23N3O4/c26-21(15-29-16-7-2-1-3-8-16)25(13-17-9-6-12-28-17)14-20-23-19-11-5-4-10-18(19)22(27)24-20/h1-5,7-8,10-11,17H,6,9,12-15H2,(H,23,24,27)/t17-/m1/s1. The third kappa shape index (κ3) is 4.81. The molecule has 0 radical (unpaired) electrons. The number of ether oxygens (including phenoxy) is 2. The second-order valence-corrected chi connectivity index (χ2v) is 7.04. The van der Waals surface area contributed by atoms with Crippen LogP contribution in [-0.4, -0.2) is 46.6 Å². The largest absolute Gasteiger partial charge is 0.484 e. The van der Waals surface area contributed by atoms with Crippen molar-refractivity contribution >= 4 is 16.8 Å². The van der Waals surface area contributed by atoms with Crippen LogP contribution in [0.5, 0.6) is 5.75 Å². The number of hydrogen-bond acceptors (Lipinski definition) is 5. The van der Waals surface area contributed by atoms with Crippen molar-refractivity contribution in [3.63, 3.8) is 0 Å². The van der Waals surface area contributed by atoms with Crippen LogP contribution in [0.3, 0.4) is 0 Å². The predicted molar refractivity (Wildman–Crippen MR) is 109 cm³/mol. The molecule has 0 unspecified atom stereocenters. The van der Waals surface area contributed by atoms with E-state index < -0.39 is 0 Å². The smallest absolute Gasteiger partial charge is 0.261 e. The molecular formula is C22H23N3O4. The van der Waals surface area contributed by atoms with E-state index in [1.54, 1.807) is 35.2 Å². The topological polar surface area (TPSA) is 84.5 Å². The molecule has 0 aliphatic carbocycles. The van der Waals surface area contributed by atoms with E-state index in [9.17, 15) is 9.59 Å². The van der Waals surface area contributed by atoms with Gasteiger partial charge in [0.1, 0.15) is 11.6 Å². The lowest BCUT2D eigenvalue weighted by Crippen LogP contribution is -2.40. The fraction of sp³-hybridized carbons (Fsp3) is 0.318. The van der Waals surface area contributed by atoms with Gasteiger partial charge in [0.05, 0.1) is 23.6 Å². The Morgan fingerprint density at radius 3 is 2.76 bits per heavy atom. The molecule has 1 saturated heterocycles. The highest BCUT2D eigenvalue weighted by Crippen LogP contribution is 2.16. The number of H-pyrrole nitrogens is 1. The molecule has 150 valence electrons. The summed E-state index contributed by atoms with van der Waals surface area (Å²) < 4.78 is 11.3. The highest BCUT2D eigenvalue weighted by Gasteiger charge is 2.24. The molecule has 1 aliphatic rings. The molecule has 1 fully saturated rings. The number of para-hydroxylation sites is 2. The average Bonchev–Trinajstić information content (AvgIpc) is 3.25. The van der Waals surface area contributed by atoms with E-state index in [0.717, 1.165) is 12.8 Å². The average molecular weight is 393 g/mol. The van der Waals surface area contributed by atoms with Crippen molar-refractivity contribution in [1.82, 2.24) is 14.9 Å². The van der Waals surface area contributed by atoms with Crippen LogP contribution < -0.4 is 10.3 Å². The number of carbonyl (C=O) groups excluding carboxylic acids is 1. The van der Waals surface area contributed by atoms with Gasteiger partial charge in [-0.05, 0) is 37.1 Å². The summed E-state index contributed by atoms with van der Waals surface area (Å²) in [5.41, 5.74) is 0.395. The summed E-state index contributed by atoms with van der Waals surface area (Å²) in [6, 6.07) is 16.4. The van der Waals surface area contributed by atoms with Crippen molar-refractivity contribution in [2.24, 2.45) is 0 Å². The maximum atomic E-state index is 12.9. The zero-order chi connectivity index (χ0) is 20.1. The van der Waals surface area contributed by atoms with Gasteiger partial charge in [-0.3, -0.25) is 9.59 Å². The van der Waals surface area contributed by atoms with E-state index in [1.165, 1.54) is 0 Å². The number of amides is 1. The van der Waals surface area contributed by atoms with Gasteiger partial charge in [0.15, 0.2) is 6.61 Å². The van der Waals surface area contributed by atoms with Crippen molar-refractivity contribution in [1.29, 1.82) is 0 Å². The Morgan fingerprint density at radius 2 is 1.97 bits per heavy atom. The molecule has 7 heteroatoms. The first-order valence-electron chi connectivity index (χ1n) is 9.74. The van der Waals surface area contributed by atoms with Crippen molar-refractivity contribution in [2.45, 2.75) is 25.5 Å². The van der Waals surface area contributed by atoms with Crippen LogP contribution in [0, 0.1) is 0 Å². The summed E-state index contributed by atoms with van der Waals surface area (Å²) in [6.07, 6.45) is 1.88. The molecule has 1 aromatic heterocycles. The van der Waals surface area contributed by atoms with Gasteiger partial charge in [-0.2, -0.15) is 0 Å². The molecule has 0 saturated carbocycles. The summed E-state index contributed by atoms with van der Waals surface area (Å²) in [7, 11) is 0. The van der Waals surface area contributed by atoms with Crippen LogP contribution in [0.2, 0.25) is 0 Å². The van der Waals surface area contributed by atoms with Crippen LogP contribution in [0.1, 0.15) is 18.7 Å². The first-order chi connectivity index (χ1) is 14.2. The Kier molecular flexibility index (Phi) is 5.86. The molecule has 0 spiro atoms. The van der Waals surface area contributed by atoms with Gasteiger partial charge in [0.2, 0.25) is 0 Å². The first-order valence-corrected chi connectivity index (χ1v) is 9.74. The van der Waals surface area contributed by atoms with Gasteiger partial charge in [-0.15, -0.1) is 0 Å². The fourth-order valence-corrected chi connectivity index (χ4v) is 3.43. The van der Waals surface area contributed by atoms with Crippen molar-refractivity contribution in [3.8, 4) is 5.75 Å². The van der Waals surface area contributed by atoms with E-state index in [-0.39, 0.29) is 30.7 Å². The van der Waals surface area contributed by atoms with Crippen LogP contribution in [0.15, 0.2) is 59.4 Å². The van der Waals surface area contributed by atoms with Crippen molar-refractivity contribution in [3.05, 3.63) is 70.8 Å². The lowest BCUT2D eigenvalue weighted by atomic mass is 10.2. The number of nitrogens with zero attached hydrogens (tertiary/aromatic N) is 2. The van der Waals surface area contributed by atoms with E-state index in [0.29, 0.717) is 35.6 Å². The lowest BCUT2D eigenvalue weighted by Gasteiger charge is -2.25. The van der Waals surface area contributed by atoms with E-state index >= 15 is 0 Å². The molecule has 7 nitrogen and oxygen atoms in total. The van der Waals surface area contributed by atoms with Gasteiger partial charge < -0.3 is 19.4 Å². The predicted octanol–water partition coefficient (Wildman–Crippen LogP) is 2.51. The second kappa shape index (κ2) is 8.87. The zero-order valence-electron chi connectivity index (χ0n) is 16.0. The van der Waals surface area contributed by atoms with Crippen LogP contribution in [0.4, 0.5) is 0 Å². The molecule has 2 heterocycles. The van der Waals surface area contributed by atoms with E-state index in [1.807, 2.05) is 24.3 Å². The summed E-state index contributed by atoms with van der Waals surface area (Å²) in [5, 5.41) is 0.528. The van der Waals surface area contributed by atoms with Gasteiger partial charge in [-0.1, -0.05) is 30.3 Å². The lowest BCUT2D eigenvalue weighted by molar-refractivity contribution is -0.135. The number of carbonyl (C=O) groups is 1. The monoisotopic (exact) mass is 393 g/mol. The van der Waals surface area contributed by atoms with Crippen molar-refractivity contribution in [2.75, 3.05) is 19.8 Å². The number of hydrogen-bond donors (Lipinski definition) is 1. The van der Waals surface area contributed by atoms with Crippen molar-refractivity contribution < 1.29 is 14.3 Å². The van der Waals surface area contributed by atoms with Crippen LogP contribution in [0.25, 0.3) is 10.9 Å². The molecule has 0 bridgehead atoms. The summed E-state index contributed by atoms with van der Waals surface area (Å²) in [4.78, 5) is 34.2. The summed E-state index contributed by atoms with van der Waals surface area (Å²) in [6.45, 7) is 1.25. The van der Waals surface area contributed by atoms with Crippen LogP contribution >= 0.6 is 0 Å². The molecule has 1 atom stereocenters. The molecule has 29 heavy (non-hydrogen) atoms. The molecule has 3 aromatic rings. The molecule has 4 rings (SSSR count). The number of benzene rings is 2. The van der Waals surface area contributed by atoms with Gasteiger partial charge in [-0.25, -0.2) is 4.98 Å². The maximum Gasteiger partial charge on any atom is 0.261 e. The Balaban J connectivity index is 1.51. The van der Waals surface area contributed by atoms with E-state index in [2.05, 4.69) is 9.97 Å². The SMILES string of the molecule is O=C(COc1ccccc1)N(Cc1nc2ccccc2c(=O)[nH]1)C[C@H]1CCCO1. The first kappa shape index (κ1) is 19.1. The molecule has 1 N–H and O–H groups in total. The number of rotatable bonds is 7. The molecule has 1 aliphatic heterocycles. The fourth-order valence-electron chi connectivity index (χ4n) is 3.43. The highest BCUT2D eigenvalue weighted by atomic mass is 16.5. The second-order valence-electron chi connectivity index (χ2n) is 7.04. The Morgan fingerprint density at radius 1 is 1.17 bits per heavy atom. The molecule has 1 amide bonds. The van der Waals surface area contributed by atoms with Gasteiger partial charge in [0, 0.05) is 13.2 Å². The van der Waals surface area contributed by atoms with Gasteiger partial charge >= 0.3 is 0 Å². The minimum absolute atomic E-state index is 0.0112. The third-order valence-corrected chi connectivity index (χ3v) is 4.91. The zero-order valence-corrected chi connectivity index (χ0v) is 16.0. The summed E-state index contributed by atoms with van der Waals surface area (Å²) in [5.74, 6) is 0.898. The number of fused-ring (bicyclic) bond motifs is 1. The normalized spacial score (nSPS) is 16.1. The summed E-state index contributed by atoms with van der Waals surface area (Å²) >= 11 is 0. The quantitative estimate of drug-likeness (QED) is 0.667. The minimum Gasteiger partial charge on any atom is -0.484 e. The molecular weight excluding hydrogens is 370 g/mol. The van der Waals surface area contributed by atoms with Crippen LogP contribution in [-0.2, 0) is 16.1 Å².